The van der Waals surface area contributed by atoms with Crippen molar-refractivity contribution in [1.82, 2.24) is 9.97 Å². The van der Waals surface area contributed by atoms with Crippen LogP contribution in [-0.2, 0) is 0 Å². The van der Waals surface area contributed by atoms with Gasteiger partial charge in [-0.05, 0) is 133 Å². The van der Waals surface area contributed by atoms with Crippen molar-refractivity contribution in [3.63, 3.8) is 0 Å². The zero-order valence-corrected chi connectivity index (χ0v) is 20.7. The molecule has 0 spiro atoms. The minimum atomic E-state index is 1.14. The summed E-state index contributed by atoms with van der Waals surface area (Å²) in [5.74, 6) is 0. The molecule has 0 fully saturated rings. The van der Waals surface area contributed by atoms with Crippen LogP contribution in [0.5, 0.6) is 0 Å². The van der Waals surface area contributed by atoms with E-state index in [0.29, 0.717) is 0 Å². The first kappa shape index (κ1) is 21.0. The normalized spacial score (nSPS) is 11.7. The Kier molecular flexibility index (Phi) is 4.55. The Labute approximate surface area is 219 Å². The van der Waals surface area contributed by atoms with Crippen LogP contribution in [0.3, 0.4) is 0 Å². The molecule has 0 saturated carbocycles. The molecule has 0 amide bonds. The van der Waals surface area contributed by atoms with E-state index < -0.39 is 0 Å². The van der Waals surface area contributed by atoms with Gasteiger partial charge in [0.1, 0.15) is 0 Å². The molecule has 0 bridgehead atoms. The summed E-state index contributed by atoms with van der Waals surface area (Å²) in [6.45, 7) is 0. The third-order valence-electron chi connectivity index (χ3n) is 7.77. The zero-order valence-electron chi connectivity index (χ0n) is 20.7. The monoisotopic (exact) mass is 484 g/mol. The summed E-state index contributed by atoms with van der Waals surface area (Å²) in [7, 11) is 0. The lowest BCUT2D eigenvalue weighted by atomic mass is 9.86. The van der Waals surface area contributed by atoms with E-state index >= 15 is 0 Å². The number of aromatic nitrogens is 2. The van der Waals surface area contributed by atoms with Gasteiger partial charge < -0.3 is 9.97 Å². The highest BCUT2D eigenvalue weighted by Crippen LogP contribution is 2.44. The van der Waals surface area contributed by atoms with Crippen LogP contribution in [0.15, 0.2) is 133 Å². The lowest BCUT2D eigenvalue weighted by Crippen LogP contribution is -1.93. The first-order valence-corrected chi connectivity index (χ1v) is 13.0. The smallest absolute Gasteiger partial charge is 0.0967 e. The van der Waals surface area contributed by atoms with Crippen LogP contribution in [0.4, 0.5) is 0 Å². The number of aromatic amines is 2. The molecule has 2 nitrogen and oxygen atoms in total. The molecule has 2 aromatic heterocycles. The van der Waals surface area contributed by atoms with E-state index in [1.807, 2.05) is 0 Å². The SMILES string of the molecule is c1cc(-[c+]2c3ccccc3[nH]c3ccccc32)c2c(-[c+]3c4ccccc4[nH]c4ccccc43)cccc2c1. The molecule has 0 aliphatic carbocycles. The fraction of sp³-hybridized carbons (Fsp3) is 0. The second-order valence-electron chi connectivity index (χ2n) is 9.89. The average Bonchev–Trinajstić information content (AvgIpc) is 2.98. The van der Waals surface area contributed by atoms with Gasteiger partial charge in [-0.1, -0.05) is 0 Å². The van der Waals surface area contributed by atoms with Crippen molar-refractivity contribution in [2.45, 2.75) is 0 Å². The number of rotatable bonds is 2. The van der Waals surface area contributed by atoms with Crippen LogP contribution >= 0.6 is 0 Å². The van der Waals surface area contributed by atoms with Crippen LogP contribution in [0, 0.1) is 0 Å². The van der Waals surface area contributed by atoms with Crippen molar-refractivity contribution in [2.24, 2.45) is 0 Å². The molecule has 8 rings (SSSR count). The molecule has 0 radical (unpaired) electrons. The van der Waals surface area contributed by atoms with Gasteiger partial charge in [0.05, 0.1) is 71.3 Å². The number of nitrogens with one attached hydrogen (secondary N) is 2. The fourth-order valence-electron chi connectivity index (χ4n) is 6.16. The quantitative estimate of drug-likeness (QED) is 0.181. The van der Waals surface area contributed by atoms with E-state index in [1.165, 1.54) is 54.6 Å². The van der Waals surface area contributed by atoms with E-state index in [9.17, 15) is 0 Å². The molecule has 0 unspecified atom stereocenters. The predicted octanol–water partition coefficient (Wildman–Crippen LogP) is 10.0. The molecule has 2 N–H and O–H groups in total. The molecular formula is C36H24N2+2. The van der Waals surface area contributed by atoms with Gasteiger partial charge in [-0.3, -0.25) is 0 Å². The van der Waals surface area contributed by atoms with E-state index in [4.69, 9.17) is 0 Å². The van der Waals surface area contributed by atoms with Gasteiger partial charge in [-0.25, -0.2) is 0 Å². The van der Waals surface area contributed by atoms with Gasteiger partial charge in [-0.15, -0.1) is 0 Å². The molecule has 8 aromatic rings. The third-order valence-corrected chi connectivity index (χ3v) is 7.77. The fourth-order valence-corrected chi connectivity index (χ4v) is 6.16. The van der Waals surface area contributed by atoms with Crippen molar-refractivity contribution in [3.05, 3.63) is 133 Å². The first-order valence-electron chi connectivity index (χ1n) is 13.0. The van der Waals surface area contributed by atoms with Crippen molar-refractivity contribution in [3.8, 4) is 22.3 Å². The number of para-hydroxylation sites is 4. The second kappa shape index (κ2) is 8.22. The highest BCUT2D eigenvalue weighted by Gasteiger charge is 2.24. The van der Waals surface area contributed by atoms with Crippen LogP contribution < -0.4 is 0 Å². The van der Waals surface area contributed by atoms with Crippen molar-refractivity contribution in [1.29, 1.82) is 0 Å². The Balaban J connectivity index is 1.59. The minimum Gasteiger partial charge on any atom is -0.309 e. The number of benzene rings is 6. The van der Waals surface area contributed by atoms with Crippen LogP contribution in [0.1, 0.15) is 0 Å². The van der Waals surface area contributed by atoms with E-state index in [0.717, 1.165) is 22.1 Å². The van der Waals surface area contributed by atoms with E-state index in [2.05, 4.69) is 143 Å². The maximum atomic E-state index is 3.66. The summed E-state index contributed by atoms with van der Waals surface area (Å²) in [6, 6.07) is 48.0. The molecule has 0 saturated heterocycles. The third kappa shape index (κ3) is 3.07. The first-order chi connectivity index (χ1) is 18.9. The molecule has 0 aliphatic rings. The Morgan fingerprint density at radius 1 is 0.342 bits per heavy atom. The van der Waals surface area contributed by atoms with Crippen molar-refractivity contribution in [2.75, 3.05) is 0 Å². The summed E-state index contributed by atoms with van der Waals surface area (Å²) in [5, 5.41) is 7.42. The number of hydrogen-bond acceptors (Lipinski definition) is 0. The molecule has 176 valence electrons. The van der Waals surface area contributed by atoms with Crippen LogP contribution in [-0.4, -0.2) is 9.97 Å². The predicted molar refractivity (Wildman–Crippen MR) is 162 cm³/mol. The maximum absolute atomic E-state index is 3.66. The highest BCUT2D eigenvalue weighted by molar-refractivity contribution is 6.21. The van der Waals surface area contributed by atoms with Gasteiger partial charge in [0.2, 0.25) is 0 Å². The molecule has 38 heavy (non-hydrogen) atoms. The summed E-state index contributed by atoms with van der Waals surface area (Å²) >= 11 is 0. The van der Waals surface area contributed by atoms with Crippen molar-refractivity contribution < 1.29 is 0 Å². The van der Waals surface area contributed by atoms with Gasteiger partial charge in [0.25, 0.3) is 0 Å². The number of H-pyrrole nitrogens is 2. The molecule has 2 heteroatoms. The zero-order chi connectivity index (χ0) is 25.1. The number of pyridine rings is 2. The Bertz CT molecular complexity index is 1930. The number of hydrogen-bond donors (Lipinski definition) is 2. The largest absolute Gasteiger partial charge is 0.309 e. The Hall–Kier alpha value is -5.08. The summed E-state index contributed by atoms with van der Waals surface area (Å²) < 4.78 is 0. The van der Waals surface area contributed by atoms with E-state index in [-0.39, 0.29) is 0 Å². The van der Waals surface area contributed by atoms with Gasteiger partial charge in [-0.2, -0.15) is 0 Å². The van der Waals surface area contributed by atoms with E-state index in [1.54, 1.807) is 0 Å². The second-order valence-corrected chi connectivity index (χ2v) is 9.89. The van der Waals surface area contributed by atoms with Crippen molar-refractivity contribution >= 4 is 54.4 Å². The summed E-state index contributed by atoms with van der Waals surface area (Å²) in [6.07, 6.45) is 0. The lowest BCUT2D eigenvalue weighted by Gasteiger charge is -2.13. The van der Waals surface area contributed by atoms with Crippen LogP contribution in [0.2, 0.25) is 0 Å². The summed E-state index contributed by atoms with van der Waals surface area (Å²) in [5.41, 5.74) is 9.60. The topological polar surface area (TPSA) is 31.6 Å². The standard InChI is InChI=1S/C36H24N2/c1-5-19-30-24(13-1)35(25-14-2-6-20-31(25)37-30)28-17-9-11-23-12-10-18-29(34(23)28)36-26-15-3-7-21-32(26)38-33-22-8-4-16-27(33)36/h1-22,37-38H/q+2. The molecular weight excluding hydrogens is 460 g/mol. The number of fused-ring (bicyclic) bond motifs is 5. The molecule has 6 aromatic carbocycles. The van der Waals surface area contributed by atoms with Gasteiger partial charge >= 0.3 is 0 Å². The lowest BCUT2D eigenvalue weighted by molar-refractivity contribution is 1.49. The van der Waals surface area contributed by atoms with Crippen LogP contribution in [0.25, 0.3) is 76.6 Å². The maximum Gasteiger partial charge on any atom is 0.0967 e. The minimum absolute atomic E-state index is 1.14. The Morgan fingerprint density at radius 2 is 0.684 bits per heavy atom. The molecule has 2 heterocycles. The molecule has 0 atom stereocenters. The highest BCUT2D eigenvalue weighted by atomic mass is 14.7. The molecule has 0 aliphatic heterocycles. The Morgan fingerprint density at radius 3 is 1.05 bits per heavy atom. The summed E-state index contributed by atoms with van der Waals surface area (Å²) in [4.78, 5) is 7.32. The van der Waals surface area contributed by atoms with Gasteiger partial charge in [0.15, 0.2) is 0 Å². The average molecular weight is 485 g/mol. The van der Waals surface area contributed by atoms with Gasteiger partial charge in [0, 0.05) is 5.39 Å².